The van der Waals surface area contributed by atoms with Gasteiger partial charge in [0.25, 0.3) is 0 Å². The summed E-state index contributed by atoms with van der Waals surface area (Å²) < 4.78 is 43.2. The van der Waals surface area contributed by atoms with Gasteiger partial charge in [0, 0.05) is 29.7 Å². The molecule has 0 amide bonds. The third-order valence-corrected chi connectivity index (χ3v) is 5.12. The van der Waals surface area contributed by atoms with Gasteiger partial charge in [0.15, 0.2) is 5.82 Å². The Morgan fingerprint density at radius 2 is 2.11 bits per heavy atom. The molecule has 4 heterocycles. The van der Waals surface area contributed by atoms with E-state index in [9.17, 15) is 23.1 Å². The number of nitrogens with zero attached hydrogens (tertiary/aromatic N) is 5. The van der Waals surface area contributed by atoms with Crippen LogP contribution in [0.1, 0.15) is 22.4 Å². The summed E-state index contributed by atoms with van der Waals surface area (Å²) in [5.41, 5.74) is -1.40. The van der Waals surface area contributed by atoms with Crippen molar-refractivity contribution in [1.82, 2.24) is 23.7 Å². The van der Waals surface area contributed by atoms with E-state index < -0.39 is 23.5 Å². The number of hydrogen-bond donors (Lipinski definition) is 1. The molecule has 4 aromatic rings. The average Bonchev–Trinajstić information content (AvgIpc) is 3.32. The molecule has 0 aliphatic heterocycles. The van der Waals surface area contributed by atoms with E-state index >= 15 is 0 Å². The van der Waals surface area contributed by atoms with Crippen LogP contribution in [0.2, 0.25) is 0 Å². The lowest BCUT2D eigenvalue weighted by Crippen LogP contribution is -2.18. The van der Waals surface area contributed by atoms with E-state index in [4.69, 9.17) is 0 Å². The molecule has 0 unspecified atom stereocenters. The molecule has 4 aromatic heterocycles. The third-order valence-electron chi connectivity index (χ3n) is 4.15. The van der Waals surface area contributed by atoms with Gasteiger partial charge in [0.2, 0.25) is 0 Å². The largest absolute Gasteiger partial charge is 0.418 e. The normalized spacial score (nSPS) is 13.4. The predicted octanol–water partition coefficient (Wildman–Crippen LogP) is 2.38. The maximum absolute atomic E-state index is 13.2. The zero-order valence-corrected chi connectivity index (χ0v) is 14.6. The number of thiophene rings is 1. The summed E-state index contributed by atoms with van der Waals surface area (Å²) in [5, 5.41) is 19.6. The Morgan fingerprint density at radius 1 is 1.33 bits per heavy atom. The summed E-state index contributed by atoms with van der Waals surface area (Å²) in [7, 11) is 1.68. The molecule has 0 aliphatic carbocycles. The highest BCUT2D eigenvalue weighted by atomic mass is 32.1. The Morgan fingerprint density at radius 3 is 2.78 bits per heavy atom. The highest BCUT2D eigenvalue weighted by molar-refractivity contribution is 7.10. The molecule has 0 saturated carbocycles. The van der Waals surface area contributed by atoms with Crippen molar-refractivity contribution in [2.45, 2.75) is 12.3 Å². The van der Waals surface area contributed by atoms with E-state index in [2.05, 4.69) is 10.2 Å². The average molecular weight is 395 g/mol. The van der Waals surface area contributed by atoms with E-state index in [1.165, 1.54) is 36.0 Å². The lowest BCUT2D eigenvalue weighted by atomic mass is 10.2. The van der Waals surface area contributed by atoms with Crippen molar-refractivity contribution >= 4 is 16.9 Å². The molecule has 0 radical (unpaired) electrons. The van der Waals surface area contributed by atoms with Crippen molar-refractivity contribution in [2.75, 3.05) is 0 Å². The van der Waals surface area contributed by atoms with Crippen LogP contribution >= 0.6 is 11.3 Å². The summed E-state index contributed by atoms with van der Waals surface area (Å²) in [6.07, 6.45) is -1.77. The first-order chi connectivity index (χ1) is 12.8. The maximum Gasteiger partial charge on any atom is 0.418 e. The Labute approximate surface area is 153 Å². The summed E-state index contributed by atoms with van der Waals surface area (Å²) in [6.45, 7) is 0. The van der Waals surface area contributed by atoms with Gasteiger partial charge >= 0.3 is 11.9 Å². The smallest absolute Gasteiger partial charge is 0.379 e. The van der Waals surface area contributed by atoms with Crippen molar-refractivity contribution in [3.63, 3.8) is 0 Å². The summed E-state index contributed by atoms with van der Waals surface area (Å²) in [6, 6.07) is 3.65. The summed E-state index contributed by atoms with van der Waals surface area (Å²) in [5.74, 6) is 0.317. The number of halogens is 3. The van der Waals surface area contributed by atoms with Gasteiger partial charge in [0.1, 0.15) is 12.4 Å². The number of aliphatic hydroxyl groups excluding tert-OH is 1. The van der Waals surface area contributed by atoms with Gasteiger partial charge in [-0.05, 0) is 18.2 Å². The van der Waals surface area contributed by atoms with Crippen LogP contribution in [0, 0.1) is 0 Å². The summed E-state index contributed by atoms with van der Waals surface area (Å²) in [4.78, 5) is 13.0. The fourth-order valence-corrected chi connectivity index (χ4v) is 3.68. The minimum atomic E-state index is -4.58. The van der Waals surface area contributed by atoms with Gasteiger partial charge in [-0.15, -0.1) is 21.5 Å². The van der Waals surface area contributed by atoms with E-state index in [0.717, 1.165) is 21.2 Å². The fraction of sp³-hybridized carbons (Fsp3) is 0.188. The van der Waals surface area contributed by atoms with Crippen molar-refractivity contribution in [2.24, 2.45) is 7.05 Å². The van der Waals surface area contributed by atoms with Crippen LogP contribution in [0.4, 0.5) is 13.2 Å². The minimum absolute atomic E-state index is 0.239. The minimum Gasteiger partial charge on any atom is -0.379 e. The van der Waals surface area contributed by atoms with Crippen LogP contribution in [-0.4, -0.2) is 28.8 Å². The van der Waals surface area contributed by atoms with E-state index in [0.29, 0.717) is 16.4 Å². The number of aromatic nitrogens is 5. The third kappa shape index (κ3) is 2.84. The SMILES string of the molecule is Cn1cnnc1[C@H](O)c1cc(-n2cc3c(C(F)(F)F)cccn3c2=O)cs1. The second kappa shape index (κ2) is 6.06. The van der Waals surface area contributed by atoms with Gasteiger partial charge in [0.05, 0.1) is 16.8 Å². The fourth-order valence-electron chi connectivity index (χ4n) is 2.82. The number of pyridine rings is 1. The Bertz CT molecular complexity index is 1190. The number of rotatable bonds is 3. The molecule has 0 spiro atoms. The van der Waals surface area contributed by atoms with Crippen LogP contribution < -0.4 is 5.69 Å². The number of aryl methyl sites for hydroxylation is 1. The Kier molecular flexibility index (Phi) is 3.93. The van der Waals surface area contributed by atoms with Crippen LogP contribution in [-0.2, 0) is 13.2 Å². The number of imidazole rings is 1. The van der Waals surface area contributed by atoms with Gasteiger partial charge in [-0.2, -0.15) is 13.2 Å². The highest BCUT2D eigenvalue weighted by Gasteiger charge is 2.33. The standard InChI is InChI=1S/C16H12F3N5O2S/c1-22-8-20-21-14(22)13(25)12-5-9(7-27-12)24-6-11-10(16(17,18)19)3-2-4-23(11)15(24)26/h2-8,13,25H,1H3/t13-/m1/s1. The van der Waals surface area contributed by atoms with E-state index in [-0.39, 0.29) is 5.52 Å². The molecule has 0 aliphatic rings. The molecule has 140 valence electrons. The van der Waals surface area contributed by atoms with E-state index in [1.54, 1.807) is 17.0 Å². The Hall–Kier alpha value is -2.92. The van der Waals surface area contributed by atoms with Crippen molar-refractivity contribution < 1.29 is 18.3 Å². The Balaban J connectivity index is 1.80. The molecule has 1 atom stereocenters. The summed E-state index contributed by atoms with van der Waals surface area (Å²) >= 11 is 1.17. The highest BCUT2D eigenvalue weighted by Crippen LogP contribution is 2.33. The van der Waals surface area contributed by atoms with Crippen LogP contribution in [0.15, 0.2) is 47.1 Å². The second-order valence-electron chi connectivity index (χ2n) is 5.87. The zero-order chi connectivity index (χ0) is 19.3. The molecular formula is C16H12F3N5O2S. The monoisotopic (exact) mass is 395 g/mol. The molecule has 7 nitrogen and oxygen atoms in total. The van der Waals surface area contributed by atoms with Crippen LogP contribution in [0.5, 0.6) is 0 Å². The number of alkyl halides is 3. The van der Waals surface area contributed by atoms with Crippen LogP contribution in [0.3, 0.4) is 0 Å². The van der Waals surface area contributed by atoms with Gasteiger partial charge < -0.3 is 9.67 Å². The van der Waals surface area contributed by atoms with Crippen LogP contribution in [0.25, 0.3) is 11.2 Å². The van der Waals surface area contributed by atoms with Crippen molar-refractivity contribution in [1.29, 1.82) is 0 Å². The van der Waals surface area contributed by atoms with Gasteiger partial charge in [-0.1, -0.05) is 0 Å². The predicted molar refractivity (Wildman–Crippen MR) is 90.9 cm³/mol. The zero-order valence-electron chi connectivity index (χ0n) is 13.8. The number of aliphatic hydroxyl groups is 1. The first kappa shape index (κ1) is 17.5. The first-order valence-electron chi connectivity index (χ1n) is 7.68. The molecule has 0 bridgehead atoms. The molecular weight excluding hydrogens is 383 g/mol. The van der Waals surface area contributed by atoms with Crippen molar-refractivity contribution in [3.05, 3.63) is 69.0 Å². The maximum atomic E-state index is 13.2. The number of hydrogen-bond acceptors (Lipinski definition) is 5. The lowest BCUT2D eigenvalue weighted by Gasteiger charge is -2.07. The molecule has 0 saturated heterocycles. The van der Waals surface area contributed by atoms with Crippen molar-refractivity contribution in [3.8, 4) is 5.69 Å². The number of fused-ring (bicyclic) bond motifs is 1. The molecule has 0 fully saturated rings. The van der Waals surface area contributed by atoms with Gasteiger partial charge in [-0.25, -0.2) is 4.79 Å². The first-order valence-corrected chi connectivity index (χ1v) is 8.56. The molecule has 4 rings (SSSR count). The topological polar surface area (TPSA) is 77.3 Å². The molecule has 11 heteroatoms. The lowest BCUT2D eigenvalue weighted by molar-refractivity contribution is -0.136. The van der Waals surface area contributed by atoms with Gasteiger partial charge in [-0.3, -0.25) is 8.97 Å². The molecule has 0 aromatic carbocycles. The molecule has 1 N–H and O–H groups in total. The second-order valence-corrected chi connectivity index (χ2v) is 6.81. The molecule has 27 heavy (non-hydrogen) atoms. The quantitative estimate of drug-likeness (QED) is 0.578. The van der Waals surface area contributed by atoms with E-state index in [1.807, 2.05) is 0 Å².